The Balaban J connectivity index is 0.000000240. The molecule has 14 heteroatoms. The number of H-pyrrole nitrogens is 1. The van der Waals surface area contributed by atoms with E-state index in [1.54, 1.807) is 0 Å². The number of aromatic carboxylic acids is 1. The summed E-state index contributed by atoms with van der Waals surface area (Å²) in [6, 6.07) is 7.51. The molecule has 0 spiro atoms. The van der Waals surface area contributed by atoms with Gasteiger partial charge in [0.05, 0.1) is 5.69 Å². The first-order chi connectivity index (χ1) is 15.8. The summed E-state index contributed by atoms with van der Waals surface area (Å²) in [5.74, 6) is -4.60. The van der Waals surface area contributed by atoms with Crippen LogP contribution in [0.5, 0.6) is 5.75 Å². The zero-order chi connectivity index (χ0) is 25.5. The molecule has 0 aliphatic rings. The van der Waals surface area contributed by atoms with Crippen molar-refractivity contribution in [2.45, 2.75) is 6.36 Å². The number of nitrogens with one attached hydrogen (secondary N) is 2. The molecule has 0 unspecified atom stereocenters. The minimum atomic E-state index is -4.76. The number of carbonyl (C=O) groups excluding carboxylic acids is 2. The number of hydrogen-bond donors (Lipinski definition) is 4. The molecule has 0 bridgehead atoms. The van der Waals surface area contributed by atoms with Gasteiger partial charge in [0.1, 0.15) is 36.3 Å². The molecule has 1 heterocycles. The molecule has 182 valence electrons. The van der Waals surface area contributed by atoms with E-state index >= 15 is 0 Å². The summed E-state index contributed by atoms with van der Waals surface area (Å²) in [6.45, 7) is -0.848. The number of nitrogens with two attached hydrogens (primary N) is 1. The Morgan fingerprint density at radius 3 is 2.32 bits per heavy atom. The van der Waals surface area contributed by atoms with Gasteiger partial charge in [0.25, 0.3) is 0 Å². The maximum atomic E-state index is 13.1. The highest BCUT2D eigenvalue weighted by atomic mass is 19.4. The summed E-state index contributed by atoms with van der Waals surface area (Å²) in [5.41, 5.74) is 4.94. The topological polar surface area (TPSA) is 144 Å². The first-order valence-corrected chi connectivity index (χ1v) is 9.07. The highest BCUT2D eigenvalue weighted by Gasteiger charge is 2.31. The van der Waals surface area contributed by atoms with Crippen molar-refractivity contribution in [3.8, 4) is 5.75 Å². The number of fused-ring (bicyclic) bond motifs is 1. The molecule has 0 atom stereocenters. The van der Waals surface area contributed by atoms with Gasteiger partial charge in [-0.2, -0.15) is 0 Å². The molecular weight excluding hydrogens is 473 g/mol. The Bertz CT molecular complexity index is 1200. The second-order valence-corrected chi connectivity index (χ2v) is 6.42. The van der Waals surface area contributed by atoms with Crippen LogP contribution in [0.25, 0.3) is 10.9 Å². The molecule has 3 rings (SSSR count). The fourth-order valence-electron chi connectivity index (χ4n) is 2.44. The Morgan fingerprint density at radius 1 is 1.03 bits per heavy atom. The average Bonchev–Trinajstić information content (AvgIpc) is 3.13. The maximum Gasteiger partial charge on any atom is 0.573 e. The molecule has 9 nitrogen and oxygen atoms in total. The summed E-state index contributed by atoms with van der Waals surface area (Å²) >= 11 is 0. The summed E-state index contributed by atoms with van der Waals surface area (Å²) < 4.78 is 69.8. The van der Waals surface area contributed by atoms with Crippen LogP contribution in [0.1, 0.15) is 10.5 Å². The number of carboxylic acids is 1. The van der Waals surface area contributed by atoms with Gasteiger partial charge in [-0.1, -0.05) is 0 Å². The van der Waals surface area contributed by atoms with Crippen LogP contribution in [0.4, 0.5) is 27.6 Å². The number of aromatic nitrogens is 1. The number of carboxylic acid groups (broad SMARTS) is 1. The zero-order valence-electron chi connectivity index (χ0n) is 16.9. The summed E-state index contributed by atoms with van der Waals surface area (Å²) in [5, 5.41) is 11.2. The molecular formula is C20H16F5N3O6. The van der Waals surface area contributed by atoms with E-state index < -0.39 is 49.0 Å². The van der Waals surface area contributed by atoms with Gasteiger partial charge in [0.15, 0.2) is 0 Å². The lowest BCUT2D eigenvalue weighted by Crippen LogP contribution is -2.24. The van der Waals surface area contributed by atoms with E-state index in [9.17, 15) is 36.3 Å². The van der Waals surface area contributed by atoms with Crippen LogP contribution in [0, 0.1) is 11.6 Å². The number of rotatable bonds is 7. The monoisotopic (exact) mass is 489 g/mol. The number of carbonyl (C=O) groups is 3. The van der Waals surface area contributed by atoms with Crippen molar-refractivity contribution in [2.75, 3.05) is 18.5 Å². The van der Waals surface area contributed by atoms with Crippen molar-refractivity contribution in [1.82, 2.24) is 4.98 Å². The standard InChI is InChI=1S/C10H6F3NO3.C10H10F2N2O3/c11-10(12,13)17-6-1-2-7-5(3-6)4-8(14-7)9(15)16;11-6-1-2-8(7(12)3-6)14-10(16)5-17-4-9(13)15/h1-4,14H,(H,15,16);1-3H,4-5H2,(H2,13,15)(H,14,16). The Kier molecular flexibility index (Phi) is 8.50. The number of alkyl halides is 3. The summed E-state index contributed by atoms with van der Waals surface area (Å²) in [6.07, 6.45) is -4.76. The van der Waals surface area contributed by atoms with Crippen LogP contribution < -0.4 is 15.8 Å². The van der Waals surface area contributed by atoms with Crippen LogP contribution in [0.3, 0.4) is 0 Å². The average molecular weight is 489 g/mol. The first kappa shape index (κ1) is 26.1. The van der Waals surface area contributed by atoms with Crippen LogP contribution >= 0.6 is 0 Å². The lowest BCUT2D eigenvalue weighted by Gasteiger charge is -2.08. The SMILES string of the molecule is NC(=O)COCC(=O)Nc1ccc(F)cc1F.O=C(O)c1cc2cc(OC(F)(F)F)ccc2[nH]1. The molecule has 5 N–H and O–H groups in total. The van der Waals surface area contributed by atoms with Crippen molar-refractivity contribution in [2.24, 2.45) is 5.73 Å². The predicted molar refractivity (Wildman–Crippen MR) is 107 cm³/mol. The molecule has 0 saturated carbocycles. The summed E-state index contributed by atoms with van der Waals surface area (Å²) in [4.78, 5) is 34.7. The molecule has 34 heavy (non-hydrogen) atoms. The lowest BCUT2D eigenvalue weighted by molar-refractivity contribution is -0.274. The molecule has 0 radical (unpaired) electrons. The van der Waals surface area contributed by atoms with Crippen molar-refractivity contribution in [3.63, 3.8) is 0 Å². The van der Waals surface area contributed by atoms with Gasteiger partial charge in [0, 0.05) is 17.0 Å². The molecule has 0 fully saturated rings. The lowest BCUT2D eigenvalue weighted by atomic mass is 10.2. The third-order valence-corrected chi connectivity index (χ3v) is 3.74. The Labute approximate surface area is 187 Å². The smallest absolute Gasteiger partial charge is 0.477 e. The molecule has 1 aromatic heterocycles. The number of anilines is 1. The normalized spacial score (nSPS) is 10.9. The van der Waals surface area contributed by atoms with Crippen molar-refractivity contribution in [3.05, 3.63) is 59.8 Å². The molecule has 0 aliphatic carbocycles. The molecule has 0 saturated heterocycles. The molecule has 3 aromatic rings. The van der Waals surface area contributed by atoms with Crippen LogP contribution in [0.2, 0.25) is 0 Å². The highest BCUT2D eigenvalue weighted by Crippen LogP contribution is 2.26. The Hall–Kier alpha value is -4.20. The molecule has 2 amide bonds. The molecule has 2 aromatic carbocycles. The third-order valence-electron chi connectivity index (χ3n) is 3.74. The second kappa shape index (κ2) is 11.1. The number of ether oxygens (including phenoxy) is 2. The van der Waals surface area contributed by atoms with E-state index in [4.69, 9.17) is 10.8 Å². The van der Waals surface area contributed by atoms with Gasteiger partial charge in [0.2, 0.25) is 11.8 Å². The number of halogens is 5. The third kappa shape index (κ3) is 8.38. The van der Waals surface area contributed by atoms with Gasteiger partial charge in [-0.05, 0) is 36.4 Å². The van der Waals surface area contributed by atoms with E-state index in [2.05, 4.69) is 19.8 Å². The van der Waals surface area contributed by atoms with Crippen molar-refractivity contribution in [1.29, 1.82) is 0 Å². The van der Waals surface area contributed by atoms with Crippen molar-refractivity contribution < 1.29 is 50.9 Å². The van der Waals surface area contributed by atoms with E-state index in [1.807, 2.05) is 0 Å². The minimum Gasteiger partial charge on any atom is -0.477 e. The number of benzene rings is 2. The molecule has 0 aliphatic heterocycles. The van der Waals surface area contributed by atoms with Crippen LogP contribution in [-0.4, -0.2) is 47.5 Å². The van der Waals surface area contributed by atoms with E-state index in [0.717, 1.165) is 24.3 Å². The van der Waals surface area contributed by atoms with E-state index in [0.29, 0.717) is 17.0 Å². The first-order valence-electron chi connectivity index (χ1n) is 9.07. The van der Waals surface area contributed by atoms with E-state index in [1.165, 1.54) is 12.1 Å². The number of hydrogen-bond acceptors (Lipinski definition) is 5. The number of amides is 2. The zero-order valence-corrected chi connectivity index (χ0v) is 16.9. The Morgan fingerprint density at radius 2 is 1.74 bits per heavy atom. The second-order valence-electron chi connectivity index (χ2n) is 6.42. The fraction of sp³-hybridized carbons (Fsp3) is 0.150. The van der Waals surface area contributed by atoms with Crippen LogP contribution in [0.15, 0.2) is 42.5 Å². The van der Waals surface area contributed by atoms with E-state index in [-0.39, 0.29) is 17.1 Å². The van der Waals surface area contributed by atoms with Gasteiger partial charge >= 0.3 is 12.3 Å². The van der Waals surface area contributed by atoms with Crippen molar-refractivity contribution >= 4 is 34.4 Å². The fourth-order valence-corrected chi connectivity index (χ4v) is 2.44. The maximum absolute atomic E-state index is 13.1. The van der Waals surface area contributed by atoms with Crippen LogP contribution in [-0.2, 0) is 14.3 Å². The largest absolute Gasteiger partial charge is 0.573 e. The van der Waals surface area contributed by atoms with Gasteiger partial charge in [-0.25, -0.2) is 13.6 Å². The minimum absolute atomic E-state index is 0.0934. The predicted octanol–water partition coefficient (Wildman–Crippen LogP) is 3.17. The summed E-state index contributed by atoms with van der Waals surface area (Å²) in [7, 11) is 0. The number of primary amides is 1. The van der Waals surface area contributed by atoms with Gasteiger partial charge < -0.3 is 30.6 Å². The van der Waals surface area contributed by atoms with Gasteiger partial charge in [-0.3, -0.25) is 9.59 Å². The number of aromatic amines is 1. The van der Waals surface area contributed by atoms with Gasteiger partial charge in [-0.15, -0.1) is 13.2 Å². The highest BCUT2D eigenvalue weighted by molar-refractivity contribution is 5.94. The quantitative estimate of drug-likeness (QED) is 0.376.